The summed E-state index contributed by atoms with van der Waals surface area (Å²) >= 11 is 12.7. The Morgan fingerprint density at radius 1 is 1.10 bits per heavy atom. The lowest BCUT2D eigenvalue weighted by atomic mass is 9.97. The third-order valence-corrected chi connectivity index (χ3v) is 9.98. The smallest absolute Gasteiger partial charge is 0.390 e. The number of pyridine rings is 1. The van der Waals surface area contributed by atoms with Crippen LogP contribution in [0.3, 0.4) is 0 Å². The Kier molecular flexibility index (Phi) is 11.5. The van der Waals surface area contributed by atoms with Crippen LogP contribution in [0.15, 0.2) is 42.2 Å². The van der Waals surface area contributed by atoms with Crippen molar-refractivity contribution in [2.75, 3.05) is 50.4 Å². The summed E-state index contributed by atoms with van der Waals surface area (Å²) in [5.74, 6) is -0.489. The highest BCUT2D eigenvalue weighted by Crippen LogP contribution is 2.37. The molecule has 260 valence electrons. The van der Waals surface area contributed by atoms with E-state index in [1.165, 1.54) is 18.2 Å². The number of aliphatic hydroxyl groups is 1. The van der Waals surface area contributed by atoms with E-state index >= 15 is 0 Å². The molecule has 0 radical (unpaired) electrons. The fraction of sp³-hybridized carbons (Fsp3) is 0.469. The van der Waals surface area contributed by atoms with E-state index in [1.807, 2.05) is 0 Å². The molecule has 0 spiro atoms. The number of anilines is 1. The summed E-state index contributed by atoms with van der Waals surface area (Å²) in [6.45, 7) is 7.14. The monoisotopic (exact) mass is 727 g/mol. The first-order valence-corrected chi connectivity index (χ1v) is 17.7. The fourth-order valence-corrected chi connectivity index (χ4v) is 7.41. The Morgan fingerprint density at radius 3 is 2.42 bits per heavy atom. The summed E-state index contributed by atoms with van der Waals surface area (Å²) in [5, 5.41) is 19.5. The van der Waals surface area contributed by atoms with Crippen LogP contribution in [0.5, 0.6) is 0 Å². The Hall–Kier alpha value is -3.01. The third-order valence-electron chi connectivity index (χ3n) is 8.39. The minimum absolute atomic E-state index is 0.0981. The molecule has 3 aromatic rings. The maximum Gasteiger partial charge on any atom is 0.416 e. The first-order valence-electron chi connectivity index (χ1n) is 15.5. The number of rotatable bonds is 10. The molecule has 2 N–H and O–H groups in total. The van der Waals surface area contributed by atoms with Crippen molar-refractivity contribution in [3.8, 4) is 11.3 Å². The van der Waals surface area contributed by atoms with E-state index in [0.717, 1.165) is 28.6 Å². The molecule has 5 rings (SSSR count). The maximum atomic E-state index is 14.0. The van der Waals surface area contributed by atoms with Crippen LogP contribution in [0, 0.1) is 0 Å². The van der Waals surface area contributed by atoms with Gasteiger partial charge in [-0.15, -0.1) is 0 Å². The number of nitrogens with zero attached hydrogens (tertiary/aromatic N) is 6. The Morgan fingerprint density at radius 2 is 1.79 bits per heavy atom. The zero-order valence-electron chi connectivity index (χ0n) is 26.9. The predicted molar refractivity (Wildman–Crippen MR) is 181 cm³/mol. The number of benzene rings is 1. The lowest BCUT2D eigenvalue weighted by molar-refractivity contribution is -0.138. The Labute approximate surface area is 290 Å². The van der Waals surface area contributed by atoms with Gasteiger partial charge >= 0.3 is 6.18 Å². The topological polar surface area (TPSA) is 107 Å². The SMILES string of the molecule is CC(C)=CC(=O)NCc1cc(-c2nn(CC(O)CN3CCN(c4c(Cl)cncc4Cl)CC3)c3c2CN(S(C)=O)CC3)ccc1C(F)(F)F. The second-order valence-corrected chi connectivity index (χ2v) is 14.4. The number of aromatic nitrogens is 3. The number of amides is 1. The molecule has 1 fully saturated rings. The van der Waals surface area contributed by atoms with Crippen molar-refractivity contribution in [2.24, 2.45) is 0 Å². The van der Waals surface area contributed by atoms with Crippen LogP contribution in [0.1, 0.15) is 36.2 Å². The molecule has 1 aromatic carbocycles. The second-order valence-electron chi connectivity index (χ2n) is 12.2. The van der Waals surface area contributed by atoms with Gasteiger partial charge in [-0.25, -0.2) is 8.51 Å². The number of allylic oxidation sites excluding steroid dienone is 1. The summed E-state index contributed by atoms with van der Waals surface area (Å²) in [6.07, 6.45) is 1.12. The van der Waals surface area contributed by atoms with Gasteiger partial charge in [-0.05, 0) is 31.5 Å². The van der Waals surface area contributed by atoms with Crippen LogP contribution in [0.2, 0.25) is 10.0 Å². The molecule has 10 nitrogen and oxygen atoms in total. The summed E-state index contributed by atoms with van der Waals surface area (Å²) in [5.41, 5.74) is 3.00. The minimum Gasteiger partial charge on any atom is -0.390 e. The van der Waals surface area contributed by atoms with E-state index in [1.54, 1.807) is 41.5 Å². The average molecular weight is 729 g/mol. The van der Waals surface area contributed by atoms with Gasteiger partial charge in [0.25, 0.3) is 0 Å². The molecule has 0 bridgehead atoms. The van der Waals surface area contributed by atoms with E-state index in [0.29, 0.717) is 73.5 Å². The van der Waals surface area contributed by atoms with Crippen molar-refractivity contribution < 1.29 is 27.3 Å². The highest BCUT2D eigenvalue weighted by Gasteiger charge is 2.34. The number of carbonyl (C=O) groups is 1. The molecular formula is C32H38Cl2F3N7O3S. The highest BCUT2D eigenvalue weighted by molar-refractivity contribution is 7.81. The maximum absolute atomic E-state index is 14.0. The molecule has 0 saturated carbocycles. The lowest BCUT2D eigenvalue weighted by Crippen LogP contribution is -2.49. The van der Waals surface area contributed by atoms with E-state index < -0.39 is 34.7 Å². The minimum atomic E-state index is -4.63. The standard InChI is InChI=1S/C32H38Cl2F3N7O3S/c1-20(2)12-29(46)39-14-22-13-21(4-5-25(22)32(35,36)37)30-24-19-43(48(3)47)7-6-28(24)44(40-30)18-23(45)17-41-8-10-42(11-9-41)31-26(33)15-38-16-27(31)34/h4-5,12-13,15-16,23,45H,6-11,14,17-19H2,1-3H3,(H,39,46). The van der Waals surface area contributed by atoms with Crippen molar-refractivity contribution in [3.63, 3.8) is 0 Å². The molecule has 16 heteroatoms. The predicted octanol–water partition coefficient (Wildman–Crippen LogP) is 4.69. The van der Waals surface area contributed by atoms with Crippen molar-refractivity contribution in [2.45, 2.75) is 52.2 Å². The van der Waals surface area contributed by atoms with Gasteiger partial charge in [0.05, 0.1) is 50.6 Å². The van der Waals surface area contributed by atoms with E-state index in [9.17, 15) is 27.3 Å². The summed E-state index contributed by atoms with van der Waals surface area (Å²) in [4.78, 5) is 20.5. The normalized spacial score (nSPS) is 17.1. The number of nitrogens with one attached hydrogen (secondary N) is 1. The average Bonchev–Trinajstić information content (AvgIpc) is 3.37. The summed E-state index contributed by atoms with van der Waals surface area (Å²) in [7, 11) is -1.27. The van der Waals surface area contributed by atoms with Gasteiger partial charge < -0.3 is 15.3 Å². The molecule has 2 unspecified atom stereocenters. The van der Waals surface area contributed by atoms with Crippen LogP contribution in [0.25, 0.3) is 11.3 Å². The van der Waals surface area contributed by atoms with Gasteiger partial charge in [-0.3, -0.25) is 19.4 Å². The van der Waals surface area contributed by atoms with Crippen LogP contribution >= 0.6 is 23.2 Å². The van der Waals surface area contributed by atoms with Gasteiger partial charge in [0, 0.05) is 100 Å². The highest BCUT2D eigenvalue weighted by atomic mass is 35.5. The quantitative estimate of drug-likeness (QED) is 0.292. The van der Waals surface area contributed by atoms with Gasteiger partial charge in [0.2, 0.25) is 5.91 Å². The Balaban J connectivity index is 1.37. The van der Waals surface area contributed by atoms with Gasteiger partial charge in [-0.1, -0.05) is 34.8 Å². The molecule has 48 heavy (non-hydrogen) atoms. The summed E-state index contributed by atoms with van der Waals surface area (Å²) in [6, 6.07) is 3.77. The van der Waals surface area contributed by atoms with E-state index in [2.05, 4.69) is 20.1 Å². The molecule has 0 aliphatic carbocycles. The molecule has 2 aliphatic rings. The number of alkyl halides is 3. The van der Waals surface area contributed by atoms with Crippen molar-refractivity contribution in [1.82, 2.24) is 29.3 Å². The molecule has 1 amide bonds. The molecule has 2 aromatic heterocycles. The van der Waals surface area contributed by atoms with Crippen LogP contribution in [0.4, 0.5) is 18.9 Å². The van der Waals surface area contributed by atoms with Crippen molar-refractivity contribution >= 4 is 45.8 Å². The molecule has 2 atom stereocenters. The van der Waals surface area contributed by atoms with E-state index in [-0.39, 0.29) is 18.7 Å². The number of hydrogen-bond donors (Lipinski definition) is 2. The number of fused-ring (bicyclic) bond motifs is 1. The van der Waals surface area contributed by atoms with E-state index in [4.69, 9.17) is 28.3 Å². The second kappa shape index (κ2) is 15.3. The van der Waals surface area contributed by atoms with Gasteiger partial charge in [0.15, 0.2) is 0 Å². The largest absolute Gasteiger partial charge is 0.416 e. The van der Waals surface area contributed by atoms with Gasteiger partial charge in [-0.2, -0.15) is 18.3 Å². The number of piperazine rings is 1. The first kappa shape index (κ1) is 36.3. The number of β-amino-alcohol motifs (C(OH)–C–C–N with tert-alkyl or cyclic N) is 1. The van der Waals surface area contributed by atoms with Crippen molar-refractivity contribution in [1.29, 1.82) is 0 Å². The number of halogens is 5. The van der Waals surface area contributed by atoms with Gasteiger partial charge in [0.1, 0.15) is 0 Å². The zero-order chi connectivity index (χ0) is 34.7. The van der Waals surface area contributed by atoms with Crippen LogP contribution < -0.4 is 10.2 Å². The zero-order valence-corrected chi connectivity index (χ0v) is 29.2. The molecule has 1 saturated heterocycles. The Bertz CT molecular complexity index is 1690. The van der Waals surface area contributed by atoms with Crippen molar-refractivity contribution in [3.05, 3.63) is 74.7 Å². The van der Waals surface area contributed by atoms with Crippen LogP contribution in [-0.2, 0) is 48.0 Å². The lowest BCUT2D eigenvalue weighted by Gasteiger charge is -2.37. The first-order chi connectivity index (χ1) is 22.7. The number of aliphatic hydroxyl groups excluding tert-OH is 1. The number of carbonyl (C=O) groups excluding carboxylic acids is 1. The third kappa shape index (κ3) is 8.58. The summed E-state index contributed by atoms with van der Waals surface area (Å²) < 4.78 is 57.9. The fourth-order valence-electron chi connectivity index (χ4n) is 6.14. The number of hydrogen-bond acceptors (Lipinski definition) is 7. The molecule has 2 aliphatic heterocycles. The molecule has 4 heterocycles. The molecular weight excluding hydrogens is 690 g/mol. The van der Waals surface area contributed by atoms with Crippen LogP contribution in [-0.4, -0.2) is 90.8 Å².